The first-order chi connectivity index (χ1) is 8.97. The lowest BCUT2D eigenvalue weighted by atomic mass is 10.1. The van der Waals surface area contributed by atoms with Crippen LogP contribution in [-0.2, 0) is 0 Å². The van der Waals surface area contributed by atoms with Gasteiger partial charge in [-0.2, -0.15) is 4.98 Å². The molecule has 5 heteroatoms. The Bertz CT molecular complexity index is 639. The van der Waals surface area contributed by atoms with Gasteiger partial charge >= 0.3 is 12.0 Å². The fourth-order valence-corrected chi connectivity index (χ4v) is 1.63. The molecular weight excluding hydrogens is 244 g/mol. The molecule has 0 fully saturated rings. The summed E-state index contributed by atoms with van der Waals surface area (Å²) in [5, 5.41) is 8.95. The highest BCUT2D eigenvalue weighted by Gasteiger charge is 2.11. The fourth-order valence-electron chi connectivity index (χ4n) is 1.63. The van der Waals surface area contributed by atoms with Crippen molar-refractivity contribution in [3.05, 3.63) is 46.8 Å². The number of ether oxygens (including phenoxy) is 1. The van der Waals surface area contributed by atoms with E-state index in [1.807, 2.05) is 26.0 Å². The normalized spacial score (nSPS) is 10.3. The second-order valence-electron chi connectivity index (χ2n) is 4.28. The molecule has 19 heavy (non-hydrogen) atoms. The van der Waals surface area contributed by atoms with E-state index in [4.69, 9.17) is 9.84 Å². The number of carboxylic acid groups (broad SMARTS) is 1. The van der Waals surface area contributed by atoms with Gasteiger partial charge in [0.1, 0.15) is 5.75 Å². The fraction of sp³-hybridized carbons (Fsp3) is 0.214. The van der Waals surface area contributed by atoms with E-state index in [0.717, 1.165) is 11.1 Å². The topological polar surface area (TPSA) is 72.3 Å². The number of benzene rings is 1. The first-order valence-electron chi connectivity index (χ1n) is 5.80. The van der Waals surface area contributed by atoms with Crippen molar-refractivity contribution in [1.29, 1.82) is 0 Å². The first kappa shape index (κ1) is 13.0. The highest BCUT2D eigenvalue weighted by atomic mass is 16.5. The highest BCUT2D eigenvalue weighted by Crippen LogP contribution is 2.24. The average Bonchev–Trinajstić information content (AvgIpc) is 2.34. The molecule has 0 bridgehead atoms. The minimum absolute atomic E-state index is 0.0473. The molecular formula is C14H14N2O3. The third-order valence-electron chi connectivity index (χ3n) is 2.81. The Morgan fingerprint density at radius 1 is 1.21 bits per heavy atom. The van der Waals surface area contributed by atoms with E-state index in [-0.39, 0.29) is 11.7 Å². The Balaban J connectivity index is 2.38. The highest BCUT2D eigenvalue weighted by molar-refractivity contribution is 5.85. The van der Waals surface area contributed by atoms with Gasteiger partial charge in [-0.05, 0) is 44.0 Å². The summed E-state index contributed by atoms with van der Waals surface area (Å²) in [6.45, 7) is 5.60. The number of hydrogen-bond acceptors (Lipinski definition) is 4. The lowest BCUT2D eigenvalue weighted by molar-refractivity contribution is 0.0689. The van der Waals surface area contributed by atoms with Crippen LogP contribution in [0.25, 0.3) is 0 Å². The van der Waals surface area contributed by atoms with Gasteiger partial charge in [0.25, 0.3) is 0 Å². The van der Waals surface area contributed by atoms with Crippen molar-refractivity contribution in [3.8, 4) is 11.8 Å². The zero-order chi connectivity index (χ0) is 14.0. The van der Waals surface area contributed by atoms with Crippen molar-refractivity contribution in [1.82, 2.24) is 9.97 Å². The van der Waals surface area contributed by atoms with Crippen LogP contribution >= 0.6 is 0 Å². The monoisotopic (exact) mass is 258 g/mol. The largest absolute Gasteiger partial charge is 0.477 e. The van der Waals surface area contributed by atoms with Gasteiger partial charge in [-0.25, -0.2) is 9.78 Å². The van der Waals surface area contributed by atoms with Crippen LogP contribution in [0.4, 0.5) is 0 Å². The number of nitrogens with zero attached hydrogens (tertiary/aromatic N) is 2. The SMILES string of the molecule is Cc1cc(C(=O)O)nc(Oc2cccc(C)c2C)n1. The summed E-state index contributed by atoms with van der Waals surface area (Å²) in [4.78, 5) is 18.9. The number of aryl methyl sites for hydroxylation is 2. The summed E-state index contributed by atoms with van der Waals surface area (Å²) in [5.41, 5.74) is 2.54. The Labute approximate surface area is 110 Å². The van der Waals surface area contributed by atoms with Crippen LogP contribution < -0.4 is 4.74 Å². The molecule has 1 heterocycles. The van der Waals surface area contributed by atoms with E-state index in [1.54, 1.807) is 13.0 Å². The van der Waals surface area contributed by atoms with Crippen molar-refractivity contribution in [2.75, 3.05) is 0 Å². The summed E-state index contributed by atoms with van der Waals surface area (Å²) in [6.07, 6.45) is 0. The van der Waals surface area contributed by atoms with E-state index in [2.05, 4.69) is 9.97 Å². The predicted molar refractivity (Wildman–Crippen MR) is 69.7 cm³/mol. The van der Waals surface area contributed by atoms with Gasteiger partial charge < -0.3 is 9.84 Å². The van der Waals surface area contributed by atoms with Crippen molar-refractivity contribution >= 4 is 5.97 Å². The van der Waals surface area contributed by atoms with Gasteiger partial charge in [0.2, 0.25) is 0 Å². The molecule has 2 rings (SSSR count). The summed E-state index contributed by atoms with van der Waals surface area (Å²) in [6, 6.07) is 7.09. The Morgan fingerprint density at radius 3 is 2.63 bits per heavy atom. The molecule has 1 aromatic carbocycles. The molecule has 0 aliphatic carbocycles. The summed E-state index contributed by atoms with van der Waals surface area (Å²) in [7, 11) is 0. The number of rotatable bonds is 3. The van der Waals surface area contributed by atoms with Gasteiger partial charge in [0.05, 0.1) is 0 Å². The van der Waals surface area contributed by atoms with Gasteiger partial charge in [-0.1, -0.05) is 12.1 Å². The molecule has 0 amide bonds. The molecule has 0 saturated carbocycles. The van der Waals surface area contributed by atoms with E-state index < -0.39 is 5.97 Å². The maximum absolute atomic E-state index is 10.9. The van der Waals surface area contributed by atoms with Gasteiger partial charge in [0, 0.05) is 5.69 Å². The van der Waals surface area contributed by atoms with Crippen LogP contribution in [0.2, 0.25) is 0 Å². The molecule has 0 atom stereocenters. The van der Waals surface area contributed by atoms with Crippen molar-refractivity contribution < 1.29 is 14.6 Å². The van der Waals surface area contributed by atoms with Crippen molar-refractivity contribution in [3.63, 3.8) is 0 Å². The maximum Gasteiger partial charge on any atom is 0.354 e. The smallest absolute Gasteiger partial charge is 0.354 e. The van der Waals surface area contributed by atoms with E-state index in [9.17, 15) is 4.79 Å². The Kier molecular flexibility index (Phi) is 3.46. The Hall–Kier alpha value is -2.43. The van der Waals surface area contributed by atoms with Crippen LogP contribution in [0.3, 0.4) is 0 Å². The minimum Gasteiger partial charge on any atom is -0.477 e. The van der Waals surface area contributed by atoms with Crippen LogP contribution in [0, 0.1) is 20.8 Å². The van der Waals surface area contributed by atoms with Crippen LogP contribution in [0.1, 0.15) is 27.3 Å². The number of aromatic nitrogens is 2. The quantitative estimate of drug-likeness (QED) is 0.916. The van der Waals surface area contributed by atoms with E-state index in [0.29, 0.717) is 11.4 Å². The molecule has 0 spiro atoms. The van der Waals surface area contributed by atoms with Crippen molar-refractivity contribution in [2.45, 2.75) is 20.8 Å². The molecule has 5 nitrogen and oxygen atoms in total. The zero-order valence-electron chi connectivity index (χ0n) is 11.0. The lowest BCUT2D eigenvalue weighted by Crippen LogP contribution is -2.04. The number of carboxylic acids is 1. The van der Waals surface area contributed by atoms with Crippen LogP contribution in [0.5, 0.6) is 11.8 Å². The van der Waals surface area contributed by atoms with Crippen LogP contribution in [-0.4, -0.2) is 21.0 Å². The minimum atomic E-state index is -1.10. The second-order valence-corrected chi connectivity index (χ2v) is 4.28. The van der Waals surface area contributed by atoms with Gasteiger partial charge in [-0.15, -0.1) is 0 Å². The number of hydrogen-bond donors (Lipinski definition) is 1. The third-order valence-corrected chi connectivity index (χ3v) is 2.81. The molecule has 0 aliphatic heterocycles. The Morgan fingerprint density at radius 2 is 1.95 bits per heavy atom. The first-order valence-corrected chi connectivity index (χ1v) is 5.80. The molecule has 2 aromatic rings. The molecule has 0 aliphatic rings. The molecule has 1 N–H and O–H groups in total. The summed E-state index contributed by atoms with van der Waals surface area (Å²) < 4.78 is 5.58. The number of aromatic carboxylic acids is 1. The van der Waals surface area contributed by atoms with Gasteiger partial charge in [-0.3, -0.25) is 0 Å². The average molecular weight is 258 g/mol. The number of carbonyl (C=O) groups is 1. The summed E-state index contributed by atoms with van der Waals surface area (Å²) >= 11 is 0. The molecule has 0 unspecified atom stereocenters. The third kappa shape index (κ3) is 2.88. The molecule has 98 valence electrons. The maximum atomic E-state index is 10.9. The van der Waals surface area contributed by atoms with Crippen LogP contribution in [0.15, 0.2) is 24.3 Å². The van der Waals surface area contributed by atoms with E-state index in [1.165, 1.54) is 6.07 Å². The van der Waals surface area contributed by atoms with Crippen molar-refractivity contribution in [2.24, 2.45) is 0 Å². The summed E-state index contributed by atoms with van der Waals surface area (Å²) in [5.74, 6) is -0.474. The second kappa shape index (κ2) is 5.06. The van der Waals surface area contributed by atoms with Gasteiger partial charge in [0.15, 0.2) is 5.69 Å². The predicted octanol–water partition coefficient (Wildman–Crippen LogP) is 2.89. The van der Waals surface area contributed by atoms with E-state index >= 15 is 0 Å². The zero-order valence-corrected chi connectivity index (χ0v) is 11.0. The molecule has 1 aromatic heterocycles. The molecule has 0 radical (unpaired) electrons. The molecule has 0 saturated heterocycles. The lowest BCUT2D eigenvalue weighted by Gasteiger charge is -2.09. The standard InChI is InChI=1S/C14H14N2O3/c1-8-5-4-6-12(10(8)3)19-14-15-9(2)7-11(16-14)13(17)18/h4-7H,1-3H3,(H,17,18).